The zero-order chi connectivity index (χ0) is 10.1. The van der Waals surface area contributed by atoms with Gasteiger partial charge in [0.25, 0.3) is 0 Å². The number of carbonyl (C=O) groups excluding carboxylic acids is 3. The number of rotatable bonds is 0. The largest absolute Gasteiger partial charge is 0.322 e. The highest BCUT2D eigenvalue weighted by atomic mass is 16.2. The minimum atomic E-state index is -0.283. The second-order valence-electron chi connectivity index (χ2n) is 3.32. The number of allylic oxidation sites excluding steroid dienone is 3. The summed E-state index contributed by atoms with van der Waals surface area (Å²) in [7, 11) is 0. The van der Waals surface area contributed by atoms with E-state index in [9.17, 15) is 14.4 Å². The van der Waals surface area contributed by atoms with Crippen LogP contribution in [-0.4, -0.2) is 17.5 Å². The van der Waals surface area contributed by atoms with Crippen molar-refractivity contribution in [3.8, 4) is 0 Å². The number of nitrogens with one attached hydrogen (secondary N) is 1. The normalized spacial score (nSPS) is 21.9. The third-order valence-electron chi connectivity index (χ3n) is 2.33. The Kier molecular flexibility index (Phi) is 2.04. The summed E-state index contributed by atoms with van der Waals surface area (Å²) in [5.74, 6) is -0.636. The average Bonchev–Trinajstić information content (AvgIpc) is 2.34. The van der Waals surface area contributed by atoms with Crippen molar-refractivity contribution in [2.24, 2.45) is 0 Å². The number of carbonyl (C=O) groups is 3. The maximum absolute atomic E-state index is 11.4. The lowest BCUT2D eigenvalue weighted by Gasteiger charge is -2.11. The number of hydrogen-bond acceptors (Lipinski definition) is 3. The SMILES string of the molecule is O=C1CCCC2=C(N1)C(=O)C=CC2=O. The lowest BCUT2D eigenvalue weighted by Crippen LogP contribution is -2.28. The summed E-state index contributed by atoms with van der Waals surface area (Å²) in [5, 5.41) is 2.48. The molecule has 0 atom stereocenters. The molecule has 1 amide bonds. The Morgan fingerprint density at radius 1 is 1.00 bits per heavy atom. The summed E-state index contributed by atoms with van der Waals surface area (Å²) >= 11 is 0. The van der Waals surface area contributed by atoms with Crippen LogP contribution in [0.2, 0.25) is 0 Å². The van der Waals surface area contributed by atoms with E-state index in [-0.39, 0.29) is 23.2 Å². The van der Waals surface area contributed by atoms with Crippen LogP contribution in [0.25, 0.3) is 0 Å². The van der Waals surface area contributed by atoms with Crippen molar-refractivity contribution in [3.05, 3.63) is 23.4 Å². The molecule has 2 aliphatic rings. The van der Waals surface area contributed by atoms with Crippen LogP contribution in [0.1, 0.15) is 19.3 Å². The van der Waals surface area contributed by atoms with Gasteiger partial charge in [0.05, 0.1) is 5.70 Å². The van der Waals surface area contributed by atoms with E-state index in [1.807, 2.05) is 0 Å². The first-order valence-corrected chi connectivity index (χ1v) is 4.48. The van der Waals surface area contributed by atoms with Crippen LogP contribution in [0.5, 0.6) is 0 Å². The topological polar surface area (TPSA) is 63.2 Å². The third-order valence-corrected chi connectivity index (χ3v) is 2.33. The average molecular weight is 191 g/mol. The first-order chi connectivity index (χ1) is 6.68. The van der Waals surface area contributed by atoms with Gasteiger partial charge in [0.15, 0.2) is 5.78 Å². The fourth-order valence-electron chi connectivity index (χ4n) is 1.62. The molecule has 0 spiro atoms. The maximum Gasteiger partial charge on any atom is 0.224 e. The van der Waals surface area contributed by atoms with Crippen molar-refractivity contribution in [1.29, 1.82) is 0 Å². The molecule has 0 saturated carbocycles. The highest BCUT2D eigenvalue weighted by molar-refractivity contribution is 6.21. The highest BCUT2D eigenvalue weighted by Crippen LogP contribution is 2.20. The molecule has 0 unspecified atom stereocenters. The molecule has 0 aromatic heterocycles. The molecule has 0 saturated heterocycles. The Bertz CT molecular complexity index is 390. The van der Waals surface area contributed by atoms with Crippen LogP contribution in [0.4, 0.5) is 0 Å². The van der Waals surface area contributed by atoms with Crippen molar-refractivity contribution < 1.29 is 14.4 Å². The van der Waals surface area contributed by atoms with Gasteiger partial charge >= 0.3 is 0 Å². The van der Waals surface area contributed by atoms with Crippen LogP contribution in [-0.2, 0) is 14.4 Å². The Balaban J connectivity index is 2.42. The van der Waals surface area contributed by atoms with Gasteiger partial charge in [-0.15, -0.1) is 0 Å². The Morgan fingerprint density at radius 3 is 2.50 bits per heavy atom. The number of ketones is 2. The predicted molar refractivity (Wildman–Crippen MR) is 48.2 cm³/mol. The summed E-state index contributed by atoms with van der Waals surface area (Å²) in [6.07, 6.45) is 3.96. The van der Waals surface area contributed by atoms with Gasteiger partial charge in [0.1, 0.15) is 0 Å². The monoisotopic (exact) mass is 191 g/mol. The zero-order valence-corrected chi connectivity index (χ0v) is 7.50. The molecular weight excluding hydrogens is 182 g/mol. The van der Waals surface area contributed by atoms with E-state index in [1.54, 1.807) is 0 Å². The standard InChI is InChI=1S/C10H9NO3/c12-7-4-5-8(13)10-6(7)2-1-3-9(14)11-10/h4-5H,1-3H2,(H,11,14). The summed E-state index contributed by atoms with van der Waals surface area (Å²) in [4.78, 5) is 33.9. The lowest BCUT2D eigenvalue weighted by molar-refractivity contribution is -0.122. The smallest absolute Gasteiger partial charge is 0.224 e. The summed E-state index contributed by atoms with van der Waals surface area (Å²) in [6, 6.07) is 0. The molecule has 0 bridgehead atoms. The van der Waals surface area contributed by atoms with Crippen molar-refractivity contribution in [2.75, 3.05) is 0 Å². The van der Waals surface area contributed by atoms with Crippen LogP contribution < -0.4 is 5.32 Å². The van der Waals surface area contributed by atoms with E-state index < -0.39 is 0 Å². The summed E-state index contributed by atoms with van der Waals surface area (Å²) < 4.78 is 0. The second kappa shape index (κ2) is 3.21. The molecular formula is C10H9NO3. The predicted octanol–water partition coefficient (Wildman–Crippen LogP) is 0.249. The summed E-state index contributed by atoms with van der Waals surface area (Å²) in [6.45, 7) is 0. The Labute approximate surface area is 80.7 Å². The van der Waals surface area contributed by atoms with Gasteiger partial charge in [-0.3, -0.25) is 14.4 Å². The fraction of sp³-hybridized carbons (Fsp3) is 0.300. The molecule has 1 aliphatic carbocycles. The van der Waals surface area contributed by atoms with Crippen molar-refractivity contribution in [2.45, 2.75) is 19.3 Å². The van der Waals surface area contributed by atoms with E-state index >= 15 is 0 Å². The quantitative estimate of drug-likeness (QED) is 0.558. The zero-order valence-electron chi connectivity index (χ0n) is 7.50. The second-order valence-corrected chi connectivity index (χ2v) is 3.32. The van der Waals surface area contributed by atoms with Crippen molar-refractivity contribution in [1.82, 2.24) is 5.32 Å². The number of amides is 1. The molecule has 1 heterocycles. The van der Waals surface area contributed by atoms with Gasteiger partial charge in [0.2, 0.25) is 11.7 Å². The third kappa shape index (κ3) is 1.39. The molecule has 0 aromatic carbocycles. The van der Waals surface area contributed by atoms with E-state index in [0.29, 0.717) is 24.8 Å². The van der Waals surface area contributed by atoms with Gasteiger partial charge < -0.3 is 5.32 Å². The molecule has 4 nitrogen and oxygen atoms in total. The first kappa shape index (κ1) is 8.87. The minimum Gasteiger partial charge on any atom is -0.322 e. The summed E-state index contributed by atoms with van der Waals surface area (Å²) in [5.41, 5.74) is 0.628. The fourth-order valence-corrected chi connectivity index (χ4v) is 1.62. The lowest BCUT2D eigenvalue weighted by atomic mass is 9.97. The molecule has 0 aromatic rings. The molecule has 72 valence electrons. The molecule has 2 rings (SSSR count). The van der Waals surface area contributed by atoms with Crippen LogP contribution in [0, 0.1) is 0 Å². The van der Waals surface area contributed by atoms with Gasteiger partial charge in [0, 0.05) is 12.0 Å². The van der Waals surface area contributed by atoms with E-state index in [1.165, 1.54) is 12.2 Å². The van der Waals surface area contributed by atoms with Gasteiger partial charge in [-0.25, -0.2) is 0 Å². The van der Waals surface area contributed by atoms with Crippen LogP contribution in [0.3, 0.4) is 0 Å². The number of hydrogen-bond donors (Lipinski definition) is 1. The van der Waals surface area contributed by atoms with Gasteiger partial charge in [-0.2, -0.15) is 0 Å². The van der Waals surface area contributed by atoms with Crippen LogP contribution in [0.15, 0.2) is 23.4 Å². The molecule has 4 heteroatoms. The van der Waals surface area contributed by atoms with Crippen molar-refractivity contribution in [3.63, 3.8) is 0 Å². The molecule has 0 fully saturated rings. The van der Waals surface area contributed by atoms with E-state index in [0.717, 1.165) is 0 Å². The van der Waals surface area contributed by atoms with Gasteiger partial charge in [-0.1, -0.05) is 0 Å². The first-order valence-electron chi connectivity index (χ1n) is 4.48. The minimum absolute atomic E-state index is 0.165. The molecule has 1 aliphatic heterocycles. The van der Waals surface area contributed by atoms with E-state index in [4.69, 9.17) is 0 Å². The molecule has 1 N–H and O–H groups in total. The Morgan fingerprint density at radius 2 is 1.71 bits per heavy atom. The van der Waals surface area contributed by atoms with E-state index in [2.05, 4.69) is 5.32 Å². The van der Waals surface area contributed by atoms with Crippen LogP contribution >= 0.6 is 0 Å². The Hall–Kier alpha value is -1.71. The van der Waals surface area contributed by atoms with Gasteiger partial charge in [-0.05, 0) is 25.0 Å². The highest BCUT2D eigenvalue weighted by Gasteiger charge is 2.26. The molecule has 0 radical (unpaired) electrons. The van der Waals surface area contributed by atoms with Crippen molar-refractivity contribution >= 4 is 17.5 Å². The molecule has 14 heavy (non-hydrogen) atoms. The maximum atomic E-state index is 11.4.